The summed E-state index contributed by atoms with van der Waals surface area (Å²) >= 11 is 0. The lowest BCUT2D eigenvalue weighted by Crippen LogP contribution is -2.16. The van der Waals surface area contributed by atoms with E-state index in [-0.39, 0.29) is 17.6 Å². The van der Waals surface area contributed by atoms with Gasteiger partial charge in [0.05, 0.1) is 12.1 Å². The maximum absolute atomic E-state index is 9.38. The molecule has 1 saturated heterocycles. The summed E-state index contributed by atoms with van der Waals surface area (Å²) in [6.07, 6.45) is 0.339. The van der Waals surface area contributed by atoms with Crippen LogP contribution in [-0.4, -0.2) is 27.9 Å². The van der Waals surface area contributed by atoms with Crippen molar-refractivity contribution in [2.75, 3.05) is 6.54 Å². The van der Waals surface area contributed by atoms with E-state index < -0.39 is 0 Å². The van der Waals surface area contributed by atoms with E-state index in [4.69, 9.17) is 4.52 Å². The molecule has 0 saturated carbocycles. The molecule has 0 radical (unpaired) electrons. The summed E-state index contributed by atoms with van der Waals surface area (Å²) in [4.78, 5) is 4.35. The van der Waals surface area contributed by atoms with E-state index in [0.717, 1.165) is 0 Å². The minimum Gasteiger partial charge on any atom is -0.392 e. The smallest absolute Gasteiger partial charge is 0.243 e. The Labute approximate surface area is 88.9 Å². The highest BCUT2D eigenvalue weighted by Crippen LogP contribution is 2.25. The lowest BCUT2D eigenvalue weighted by atomic mass is 9.96. The number of β-amino-alcohol motifs (C(OH)–C–C–N with tert-alkyl or cyclic N) is 1. The Bertz CT molecular complexity index is 343. The minimum absolute atomic E-state index is 0.00333. The Morgan fingerprint density at radius 1 is 1.47 bits per heavy atom. The second-order valence-electron chi connectivity index (χ2n) is 5.06. The summed E-state index contributed by atoms with van der Waals surface area (Å²) in [5, 5.41) is 16.5. The molecule has 1 fully saturated rings. The molecule has 2 rings (SSSR count). The van der Waals surface area contributed by atoms with Crippen LogP contribution in [0.5, 0.6) is 0 Å². The number of nitrogens with one attached hydrogen (secondary N) is 1. The van der Waals surface area contributed by atoms with E-state index in [2.05, 4.69) is 15.5 Å². The zero-order chi connectivity index (χ0) is 11.1. The standard InChI is InChI=1S/C10H17N3O2/c1-10(2,3)9-12-8(15-13-9)7-4-6(14)5-11-7/h6-7,11,14H,4-5H2,1-3H3/t6-,7+/m1/s1. The van der Waals surface area contributed by atoms with Crippen molar-refractivity contribution < 1.29 is 9.63 Å². The second kappa shape index (κ2) is 3.57. The fourth-order valence-corrected chi connectivity index (χ4v) is 1.59. The van der Waals surface area contributed by atoms with Crippen LogP contribution < -0.4 is 5.32 Å². The summed E-state index contributed by atoms with van der Waals surface area (Å²) < 4.78 is 5.19. The number of nitrogens with zero attached hydrogens (tertiary/aromatic N) is 2. The van der Waals surface area contributed by atoms with E-state index in [1.807, 2.05) is 20.8 Å². The van der Waals surface area contributed by atoms with Gasteiger partial charge >= 0.3 is 0 Å². The van der Waals surface area contributed by atoms with E-state index in [1.165, 1.54) is 0 Å². The molecule has 5 heteroatoms. The molecule has 2 heterocycles. The molecule has 0 amide bonds. The quantitative estimate of drug-likeness (QED) is 0.717. The average Bonchev–Trinajstić information content (AvgIpc) is 2.69. The van der Waals surface area contributed by atoms with Crippen LogP contribution in [0.2, 0.25) is 0 Å². The van der Waals surface area contributed by atoms with E-state index in [1.54, 1.807) is 0 Å². The van der Waals surface area contributed by atoms with Crippen LogP contribution in [-0.2, 0) is 5.41 Å². The average molecular weight is 211 g/mol. The monoisotopic (exact) mass is 211 g/mol. The van der Waals surface area contributed by atoms with Gasteiger partial charge in [0.2, 0.25) is 5.89 Å². The third-order valence-corrected chi connectivity index (χ3v) is 2.52. The van der Waals surface area contributed by atoms with Crippen molar-refractivity contribution >= 4 is 0 Å². The number of hydrogen-bond acceptors (Lipinski definition) is 5. The molecular weight excluding hydrogens is 194 g/mol. The van der Waals surface area contributed by atoms with Gasteiger partial charge in [0.1, 0.15) is 0 Å². The van der Waals surface area contributed by atoms with Gasteiger partial charge < -0.3 is 14.9 Å². The Hall–Kier alpha value is -0.940. The maximum Gasteiger partial charge on any atom is 0.243 e. The van der Waals surface area contributed by atoms with E-state index in [9.17, 15) is 5.11 Å². The Morgan fingerprint density at radius 2 is 2.20 bits per heavy atom. The topological polar surface area (TPSA) is 71.2 Å². The van der Waals surface area contributed by atoms with Crippen molar-refractivity contribution in [1.82, 2.24) is 15.5 Å². The first-order valence-corrected chi connectivity index (χ1v) is 5.22. The molecular formula is C10H17N3O2. The Morgan fingerprint density at radius 3 is 2.67 bits per heavy atom. The molecule has 84 valence electrons. The largest absolute Gasteiger partial charge is 0.392 e. The van der Waals surface area contributed by atoms with Crippen LogP contribution >= 0.6 is 0 Å². The lowest BCUT2D eigenvalue weighted by Gasteiger charge is -2.11. The maximum atomic E-state index is 9.38. The molecule has 2 N–H and O–H groups in total. The first-order chi connectivity index (χ1) is 6.97. The molecule has 1 aliphatic heterocycles. The number of hydrogen-bond donors (Lipinski definition) is 2. The molecule has 5 nitrogen and oxygen atoms in total. The van der Waals surface area contributed by atoms with E-state index >= 15 is 0 Å². The summed E-state index contributed by atoms with van der Waals surface area (Å²) in [7, 11) is 0. The molecule has 1 aromatic heterocycles. The predicted octanol–water partition coefficient (Wildman–Crippen LogP) is 0.762. The third-order valence-electron chi connectivity index (χ3n) is 2.52. The van der Waals surface area contributed by atoms with Gasteiger partial charge in [0.25, 0.3) is 0 Å². The van der Waals surface area contributed by atoms with Crippen molar-refractivity contribution in [3.63, 3.8) is 0 Å². The molecule has 0 spiro atoms. The van der Waals surface area contributed by atoms with Crippen molar-refractivity contribution in [2.45, 2.75) is 44.8 Å². The van der Waals surface area contributed by atoms with Gasteiger partial charge in [-0.15, -0.1) is 0 Å². The molecule has 2 atom stereocenters. The van der Waals surface area contributed by atoms with Gasteiger partial charge in [-0.05, 0) is 6.42 Å². The zero-order valence-electron chi connectivity index (χ0n) is 9.32. The summed E-state index contributed by atoms with van der Waals surface area (Å²) in [6.45, 7) is 6.72. The van der Waals surface area contributed by atoms with Crippen molar-refractivity contribution in [3.05, 3.63) is 11.7 Å². The van der Waals surface area contributed by atoms with Crippen LogP contribution in [0.3, 0.4) is 0 Å². The summed E-state index contributed by atoms with van der Waals surface area (Å²) in [5.41, 5.74) is -0.0982. The van der Waals surface area contributed by atoms with Crippen LogP contribution in [0.4, 0.5) is 0 Å². The highest BCUT2D eigenvalue weighted by Gasteiger charge is 2.30. The third kappa shape index (κ3) is 2.18. The number of aliphatic hydroxyl groups excluding tert-OH is 1. The van der Waals surface area contributed by atoms with Crippen LogP contribution in [0.15, 0.2) is 4.52 Å². The number of aliphatic hydroxyl groups is 1. The number of rotatable bonds is 1. The molecule has 0 bridgehead atoms. The first-order valence-electron chi connectivity index (χ1n) is 5.22. The molecule has 0 unspecified atom stereocenters. The van der Waals surface area contributed by atoms with Crippen molar-refractivity contribution in [2.24, 2.45) is 0 Å². The Balaban J connectivity index is 2.14. The SMILES string of the molecule is CC(C)(C)c1noc([C@@H]2C[C@@H](O)CN2)n1. The second-order valence-corrected chi connectivity index (χ2v) is 5.06. The van der Waals surface area contributed by atoms with E-state index in [0.29, 0.717) is 24.7 Å². The van der Waals surface area contributed by atoms with Crippen molar-refractivity contribution in [3.8, 4) is 0 Å². The molecule has 15 heavy (non-hydrogen) atoms. The van der Waals surface area contributed by atoms with Gasteiger partial charge in [-0.3, -0.25) is 0 Å². The molecule has 0 aromatic carbocycles. The minimum atomic E-state index is -0.306. The van der Waals surface area contributed by atoms with Crippen LogP contribution in [0, 0.1) is 0 Å². The zero-order valence-corrected chi connectivity index (χ0v) is 9.32. The Kier molecular flexibility index (Phi) is 2.52. The van der Waals surface area contributed by atoms with Gasteiger partial charge in [-0.1, -0.05) is 25.9 Å². The normalized spacial score (nSPS) is 27.2. The first kappa shape index (κ1) is 10.6. The highest BCUT2D eigenvalue weighted by atomic mass is 16.5. The van der Waals surface area contributed by atoms with Crippen LogP contribution in [0.1, 0.15) is 44.9 Å². The molecule has 0 aliphatic carbocycles. The van der Waals surface area contributed by atoms with Gasteiger partial charge in [0.15, 0.2) is 5.82 Å². The number of aromatic nitrogens is 2. The predicted molar refractivity (Wildman–Crippen MR) is 54.4 cm³/mol. The van der Waals surface area contributed by atoms with Crippen molar-refractivity contribution in [1.29, 1.82) is 0 Å². The van der Waals surface area contributed by atoms with Gasteiger partial charge in [-0.2, -0.15) is 4.98 Å². The van der Waals surface area contributed by atoms with Gasteiger partial charge in [0, 0.05) is 12.0 Å². The lowest BCUT2D eigenvalue weighted by molar-refractivity contribution is 0.191. The summed E-state index contributed by atoms with van der Waals surface area (Å²) in [5.74, 6) is 1.29. The fourth-order valence-electron chi connectivity index (χ4n) is 1.59. The highest BCUT2D eigenvalue weighted by molar-refractivity contribution is 5.03. The van der Waals surface area contributed by atoms with Gasteiger partial charge in [-0.25, -0.2) is 0 Å². The molecule has 1 aromatic rings. The van der Waals surface area contributed by atoms with Crippen LogP contribution in [0.25, 0.3) is 0 Å². The fraction of sp³-hybridized carbons (Fsp3) is 0.800. The summed E-state index contributed by atoms with van der Waals surface area (Å²) in [6, 6.07) is 0.00333. The molecule has 1 aliphatic rings.